The van der Waals surface area contributed by atoms with E-state index in [-0.39, 0.29) is 51.9 Å². The Kier molecular flexibility index (Phi) is 10.5. The summed E-state index contributed by atoms with van der Waals surface area (Å²) in [6.45, 7) is 5.83. The van der Waals surface area contributed by atoms with Crippen LogP contribution in [0, 0.1) is 0 Å². The van der Waals surface area contributed by atoms with Crippen molar-refractivity contribution in [1.82, 2.24) is 15.0 Å². The maximum Gasteiger partial charge on any atom is 0.412 e. The standard InChI is InChI=1S/C30H33N5O7S2/c1-30(2,3)20-13-15-21(16-14-20)44(37,38)35-26-25(42-23-11-7-6-10-22(23)39-4)27(34-28(33-26)43-5)40-18-19-41-29(36)32-24-12-8-9-17-31-24/h6-17H,18-19H2,1-5H3,(H,31,32,36)(H,33,34,35). The molecule has 2 heterocycles. The normalized spacial score (nSPS) is 11.4. The van der Waals surface area contributed by atoms with Crippen LogP contribution < -0.4 is 24.2 Å². The predicted molar refractivity (Wildman–Crippen MR) is 168 cm³/mol. The lowest BCUT2D eigenvalue weighted by Crippen LogP contribution is -2.19. The Morgan fingerprint density at radius 3 is 2.27 bits per heavy atom. The van der Waals surface area contributed by atoms with Gasteiger partial charge in [-0.15, -0.1) is 0 Å². The van der Waals surface area contributed by atoms with Crippen molar-refractivity contribution in [3.8, 4) is 23.1 Å². The molecular formula is C30H33N5O7S2. The second-order valence-electron chi connectivity index (χ2n) is 10.2. The number of nitrogens with one attached hydrogen (secondary N) is 2. The average molecular weight is 640 g/mol. The molecule has 2 N–H and O–H groups in total. The summed E-state index contributed by atoms with van der Waals surface area (Å²) >= 11 is 1.17. The Morgan fingerprint density at radius 2 is 1.64 bits per heavy atom. The van der Waals surface area contributed by atoms with Crippen LogP contribution in [0.15, 0.2) is 83.0 Å². The first-order valence-corrected chi connectivity index (χ1v) is 16.1. The fourth-order valence-corrected chi connectivity index (χ4v) is 5.11. The van der Waals surface area contributed by atoms with Crippen molar-refractivity contribution < 1.29 is 32.2 Å². The van der Waals surface area contributed by atoms with Gasteiger partial charge in [-0.1, -0.05) is 62.9 Å². The SMILES string of the molecule is COc1ccccc1Oc1c(NS(=O)(=O)c2ccc(C(C)(C)C)cc2)nc(SC)nc1OCCOC(=O)Nc1ccccn1. The topological polar surface area (TPSA) is 151 Å². The molecule has 0 unspecified atom stereocenters. The van der Waals surface area contributed by atoms with Gasteiger partial charge in [0.05, 0.1) is 12.0 Å². The number of carbonyl (C=O) groups excluding carboxylic acids is 1. The highest BCUT2D eigenvalue weighted by Gasteiger charge is 2.25. The van der Waals surface area contributed by atoms with Crippen molar-refractivity contribution in [1.29, 1.82) is 0 Å². The maximum absolute atomic E-state index is 13.5. The van der Waals surface area contributed by atoms with E-state index >= 15 is 0 Å². The molecule has 0 aliphatic heterocycles. The van der Waals surface area contributed by atoms with Crippen LogP contribution >= 0.6 is 11.8 Å². The number of hydrogen-bond acceptors (Lipinski definition) is 11. The Balaban J connectivity index is 1.62. The minimum atomic E-state index is -4.11. The first kappa shape index (κ1) is 32.4. The van der Waals surface area contributed by atoms with Gasteiger partial charge in [-0.2, -0.15) is 4.98 Å². The molecule has 1 amide bonds. The third-order valence-corrected chi connectivity index (χ3v) is 7.89. The second-order valence-corrected chi connectivity index (χ2v) is 12.6. The Morgan fingerprint density at radius 1 is 0.932 bits per heavy atom. The third-order valence-electron chi connectivity index (χ3n) is 5.99. The molecule has 0 aliphatic rings. The van der Waals surface area contributed by atoms with Crippen molar-refractivity contribution in [3.63, 3.8) is 0 Å². The molecule has 4 aromatic rings. The molecule has 14 heteroatoms. The summed E-state index contributed by atoms with van der Waals surface area (Å²) in [5.74, 6) is 0.634. The molecule has 44 heavy (non-hydrogen) atoms. The number of rotatable bonds is 12. The van der Waals surface area contributed by atoms with Crippen LogP contribution in [0.2, 0.25) is 0 Å². The summed E-state index contributed by atoms with van der Waals surface area (Å²) in [5.41, 5.74) is 0.829. The van der Waals surface area contributed by atoms with Crippen molar-refractivity contribution in [2.75, 3.05) is 36.6 Å². The number of ether oxygens (including phenoxy) is 4. The van der Waals surface area contributed by atoms with Gasteiger partial charge in [0, 0.05) is 6.20 Å². The van der Waals surface area contributed by atoms with E-state index in [0.717, 1.165) is 5.56 Å². The first-order chi connectivity index (χ1) is 21.0. The second kappa shape index (κ2) is 14.3. The molecule has 232 valence electrons. The van der Waals surface area contributed by atoms with E-state index in [4.69, 9.17) is 18.9 Å². The van der Waals surface area contributed by atoms with Gasteiger partial charge in [0.1, 0.15) is 19.0 Å². The predicted octanol–water partition coefficient (Wildman–Crippen LogP) is 6.12. The molecule has 0 bridgehead atoms. The summed E-state index contributed by atoms with van der Waals surface area (Å²) in [4.78, 5) is 25.0. The maximum atomic E-state index is 13.5. The summed E-state index contributed by atoms with van der Waals surface area (Å²) < 4.78 is 52.1. The van der Waals surface area contributed by atoms with Crippen LogP contribution in [0.3, 0.4) is 0 Å². The fraction of sp³-hybridized carbons (Fsp3) is 0.267. The van der Waals surface area contributed by atoms with Crippen LogP contribution in [0.5, 0.6) is 23.1 Å². The minimum absolute atomic E-state index is 0.0350. The highest BCUT2D eigenvalue weighted by atomic mass is 32.2. The molecule has 0 aliphatic carbocycles. The summed E-state index contributed by atoms with van der Waals surface area (Å²) in [5, 5.41) is 2.72. The Bertz CT molecular complexity index is 1680. The van der Waals surface area contributed by atoms with Crippen LogP contribution in [-0.4, -0.2) is 56.0 Å². The highest BCUT2D eigenvalue weighted by Crippen LogP contribution is 2.41. The number of methoxy groups -OCH3 is 1. The van der Waals surface area contributed by atoms with E-state index in [9.17, 15) is 13.2 Å². The van der Waals surface area contributed by atoms with Gasteiger partial charge in [0.2, 0.25) is 5.75 Å². The van der Waals surface area contributed by atoms with Gasteiger partial charge in [-0.25, -0.2) is 23.2 Å². The van der Waals surface area contributed by atoms with Crippen LogP contribution in [-0.2, 0) is 20.2 Å². The number of thioether (sulfide) groups is 1. The zero-order valence-corrected chi connectivity index (χ0v) is 26.5. The monoisotopic (exact) mass is 639 g/mol. The lowest BCUT2D eigenvalue weighted by atomic mass is 9.87. The lowest BCUT2D eigenvalue weighted by Gasteiger charge is -2.20. The molecule has 0 radical (unpaired) electrons. The molecule has 2 aromatic heterocycles. The summed E-state index contributed by atoms with van der Waals surface area (Å²) in [6.07, 6.45) is 2.54. The van der Waals surface area contributed by atoms with Gasteiger partial charge >= 0.3 is 6.09 Å². The largest absolute Gasteiger partial charge is 0.493 e. The summed E-state index contributed by atoms with van der Waals surface area (Å²) in [6, 6.07) is 18.5. The summed E-state index contributed by atoms with van der Waals surface area (Å²) in [7, 11) is -2.64. The molecule has 12 nitrogen and oxygen atoms in total. The van der Waals surface area contributed by atoms with Crippen molar-refractivity contribution in [2.24, 2.45) is 0 Å². The van der Waals surface area contributed by atoms with E-state index < -0.39 is 16.1 Å². The fourth-order valence-electron chi connectivity index (χ4n) is 3.74. The lowest BCUT2D eigenvalue weighted by molar-refractivity contribution is 0.135. The number of nitrogens with zero attached hydrogens (tertiary/aromatic N) is 3. The zero-order chi connectivity index (χ0) is 31.7. The molecule has 0 fully saturated rings. The molecular weight excluding hydrogens is 606 g/mol. The van der Waals surface area contributed by atoms with Gasteiger partial charge in [0.25, 0.3) is 15.9 Å². The number of sulfonamides is 1. The van der Waals surface area contributed by atoms with Crippen molar-refractivity contribution >= 4 is 39.5 Å². The minimum Gasteiger partial charge on any atom is -0.493 e. The van der Waals surface area contributed by atoms with Crippen LogP contribution in [0.4, 0.5) is 16.4 Å². The smallest absolute Gasteiger partial charge is 0.412 e. The number of para-hydroxylation sites is 2. The number of benzene rings is 2. The molecule has 0 spiro atoms. The van der Waals surface area contributed by atoms with E-state index in [1.807, 2.05) is 20.8 Å². The van der Waals surface area contributed by atoms with Gasteiger partial charge < -0.3 is 18.9 Å². The quantitative estimate of drug-likeness (QED) is 0.105. The number of hydrogen-bond donors (Lipinski definition) is 2. The third kappa shape index (κ3) is 8.51. The number of carbonyl (C=O) groups is 1. The van der Waals surface area contributed by atoms with Crippen LogP contribution in [0.25, 0.3) is 0 Å². The molecule has 0 saturated heterocycles. The van der Waals surface area contributed by atoms with Crippen molar-refractivity contribution in [2.45, 2.75) is 36.2 Å². The Labute approximate surface area is 260 Å². The van der Waals surface area contributed by atoms with Crippen LogP contribution in [0.1, 0.15) is 26.3 Å². The van der Waals surface area contributed by atoms with Gasteiger partial charge in [-0.3, -0.25) is 10.0 Å². The van der Waals surface area contributed by atoms with Gasteiger partial charge in [-0.05, 0) is 53.6 Å². The molecule has 0 atom stereocenters. The van der Waals surface area contributed by atoms with E-state index in [1.54, 1.807) is 60.9 Å². The molecule has 2 aromatic carbocycles. The number of anilines is 2. The zero-order valence-electron chi connectivity index (χ0n) is 24.9. The molecule has 4 rings (SSSR count). The number of pyridine rings is 1. The van der Waals surface area contributed by atoms with Crippen molar-refractivity contribution in [3.05, 3.63) is 78.5 Å². The number of amides is 1. The van der Waals surface area contributed by atoms with E-state index in [0.29, 0.717) is 11.6 Å². The average Bonchev–Trinajstić information content (AvgIpc) is 3.00. The van der Waals surface area contributed by atoms with E-state index in [2.05, 4.69) is 25.0 Å². The molecule has 0 saturated carbocycles. The Hall–Kier alpha value is -4.56. The van der Waals surface area contributed by atoms with Gasteiger partial charge in [0.15, 0.2) is 22.5 Å². The number of aromatic nitrogens is 3. The highest BCUT2D eigenvalue weighted by molar-refractivity contribution is 7.98. The van der Waals surface area contributed by atoms with E-state index in [1.165, 1.54) is 37.2 Å². The first-order valence-electron chi connectivity index (χ1n) is 13.4.